The molecule has 1 N–H and O–H groups in total. The van der Waals surface area contributed by atoms with E-state index in [4.69, 9.17) is 0 Å². The lowest BCUT2D eigenvalue weighted by Crippen LogP contribution is -2.43. The van der Waals surface area contributed by atoms with Gasteiger partial charge in [0.05, 0.1) is 11.4 Å². The van der Waals surface area contributed by atoms with Crippen molar-refractivity contribution in [2.24, 2.45) is 5.41 Å². The third-order valence-electron chi connectivity index (χ3n) is 4.08. The van der Waals surface area contributed by atoms with Gasteiger partial charge in [0.15, 0.2) is 0 Å². The predicted octanol–water partition coefficient (Wildman–Crippen LogP) is 3.84. The van der Waals surface area contributed by atoms with Crippen molar-refractivity contribution in [2.45, 2.75) is 32.1 Å². The summed E-state index contributed by atoms with van der Waals surface area (Å²) in [6.45, 7) is 6.54. The van der Waals surface area contributed by atoms with E-state index in [1.54, 1.807) is 24.3 Å². The maximum atomic E-state index is 13.1. The van der Waals surface area contributed by atoms with Crippen LogP contribution in [0.25, 0.3) is 0 Å². The molecule has 2 aromatic rings. The number of amides is 1. The van der Waals surface area contributed by atoms with Crippen LogP contribution in [-0.2, 0) is 21.2 Å². The number of benzene rings is 2. The molecule has 0 atom stereocenters. The van der Waals surface area contributed by atoms with Gasteiger partial charge in [-0.05, 0) is 41.7 Å². The maximum Gasteiger partial charge on any atom is 0.243 e. The Hall–Kier alpha value is -1.70. The molecule has 7 heteroatoms. The SMILES string of the molecule is CC(C)(C)CNC(=O)CN(CCc1ccccc1)S(=O)(=O)c1ccc(Br)cc1. The van der Waals surface area contributed by atoms with Crippen LogP contribution in [0.1, 0.15) is 26.3 Å². The highest BCUT2D eigenvalue weighted by Crippen LogP contribution is 2.19. The van der Waals surface area contributed by atoms with Gasteiger partial charge in [-0.3, -0.25) is 4.79 Å². The third-order valence-corrected chi connectivity index (χ3v) is 6.47. The molecule has 0 saturated heterocycles. The number of hydrogen-bond donors (Lipinski definition) is 1. The molecule has 1 amide bonds. The number of halogens is 1. The summed E-state index contributed by atoms with van der Waals surface area (Å²) >= 11 is 3.32. The maximum absolute atomic E-state index is 13.1. The van der Waals surface area contributed by atoms with E-state index >= 15 is 0 Å². The summed E-state index contributed by atoms with van der Waals surface area (Å²) in [7, 11) is -3.79. The van der Waals surface area contributed by atoms with Gasteiger partial charge in [-0.15, -0.1) is 0 Å². The Morgan fingerprint density at radius 3 is 2.21 bits per heavy atom. The molecule has 5 nitrogen and oxygen atoms in total. The molecule has 0 spiro atoms. The Balaban J connectivity index is 2.19. The number of nitrogens with one attached hydrogen (secondary N) is 1. The van der Waals surface area contributed by atoms with Crippen LogP contribution in [0.5, 0.6) is 0 Å². The van der Waals surface area contributed by atoms with Crippen molar-refractivity contribution in [2.75, 3.05) is 19.6 Å². The van der Waals surface area contributed by atoms with E-state index in [0.717, 1.165) is 10.0 Å². The average molecular weight is 467 g/mol. The van der Waals surface area contributed by atoms with Crippen LogP contribution < -0.4 is 5.32 Å². The third kappa shape index (κ3) is 7.04. The molecule has 0 saturated carbocycles. The Morgan fingerprint density at radius 1 is 1.04 bits per heavy atom. The van der Waals surface area contributed by atoms with Gasteiger partial charge in [-0.25, -0.2) is 8.42 Å². The molecule has 0 aliphatic carbocycles. The summed E-state index contributed by atoms with van der Waals surface area (Å²) < 4.78 is 28.3. The Labute approximate surface area is 176 Å². The topological polar surface area (TPSA) is 66.5 Å². The minimum atomic E-state index is -3.79. The number of sulfonamides is 1. The monoisotopic (exact) mass is 466 g/mol. The lowest BCUT2D eigenvalue weighted by atomic mass is 9.97. The van der Waals surface area contributed by atoms with Crippen molar-refractivity contribution in [3.63, 3.8) is 0 Å². The summed E-state index contributed by atoms with van der Waals surface area (Å²) in [6.07, 6.45) is 0.531. The minimum Gasteiger partial charge on any atom is -0.354 e. The fourth-order valence-corrected chi connectivity index (χ4v) is 4.18. The standard InChI is InChI=1S/C21H27BrN2O3S/c1-21(2,3)16-23-20(25)15-24(14-13-17-7-5-4-6-8-17)28(26,27)19-11-9-18(22)10-12-19/h4-12H,13-16H2,1-3H3,(H,23,25). The second-order valence-corrected chi connectivity index (χ2v) is 10.7. The van der Waals surface area contributed by atoms with Crippen LogP contribution in [0.2, 0.25) is 0 Å². The molecule has 0 aliphatic heterocycles. The minimum absolute atomic E-state index is 0.0743. The molecule has 2 rings (SSSR count). The summed E-state index contributed by atoms with van der Waals surface area (Å²) in [4.78, 5) is 12.6. The first-order valence-electron chi connectivity index (χ1n) is 9.14. The normalized spacial score (nSPS) is 12.2. The van der Waals surface area contributed by atoms with Gasteiger partial charge in [0.2, 0.25) is 15.9 Å². The van der Waals surface area contributed by atoms with Gasteiger partial charge >= 0.3 is 0 Å². The van der Waals surface area contributed by atoms with Crippen LogP contribution in [0, 0.1) is 5.41 Å². The highest BCUT2D eigenvalue weighted by Gasteiger charge is 2.27. The molecular formula is C21H27BrN2O3S. The first-order chi connectivity index (χ1) is 13.1. The Morgan fingerprint density at radius 2 is 1.64 bits per heavy atom. The quantitative estimate of drug-likeness (QED) is 0.642. The molecule has 0 aromatic heterocycles. The van der Waals surface area contributed by atoms with Crippen LogP contribution in [0.4, 0.5) is 0 Å². The van der Waals surface area contributed by atoms with Gasteiger partial charge in [0.25, 0.3) is 0 Å². The number of hydrogen-bond acceptors (Lipinski definition) is 3. The molecule has 0 radical (unpaired) electrons. The highest BCUT2D eigenvalue weighted by molar-refractivity contribution is 9.10. The van der Waals surface area contributed by atoms with E-state index in [2.05, 4.69) is 21.2 Å². The van der Waals surface area contributed by atoms with Gasteiger partial charge in [-0.1, -0.05) is 67.0 Å². The van der Waals surface area contributed by atoms with E-state index in [1.807, 2.05) is 51.1 Å². The highest BCUT2D eigenvalue weighted by atomic mass is 79.9. The molecule has 0 bridgehead atoms. The van der Waals surface area contributed by atoms with Gasteiger partial charge < -0.3 is 5.32 Å². The fourth-order valence-electron chi connectivity index (χ4n) is 2.52. The summed E-state index contributed by atoms with van der Waals surface area (Å²) in [5.41, 5.74) is 0.948. The van der Waals surface area contributed by atoms with E-state index in [9.17, 15) is 13.2 Å². The van der Waals surface area contributed by atoms with E-state index in [1.165, 1.54) is 4.31 Å². The van der Waals surface area contributed by atoms with Crippen molar-refractivity contribution < 1.29 is 13.2 Å². The van der Waals surface area contributed by atoms with Crippen LogP contribution in [-0.4, -0.2) is 38.3 Å². The summed E-state index contributed by atoms with van der Waals surface area (Å²) in [5, 5.41) is 2.83. The van der Waals surface area contributed by atoms with Crippen molar-refractivity contribution in [1.29, 1.82) is 0 Å². The van der Waals surface area contributed by atoms with E-state index in [-0.39, 0.29) is 29.3 Å². The molecule has 0 unspecified atom stereocenters. The van der Waals surface area contributed by atoms with Crippen molar-refractivity contribution in [1.82, 2.24) is 9.62 Å². The first-order valence-corrected chi connectivity index (χ1v) is 11.4. The molecular weight excluding hydrogens is 440 g/mol. The second kappa shape index (κ2) is 9.67. The van der Waals surface area contributed by atoms with Crippen LogP contribution in [0.3, 0.4) is 0 Å². The first kappa shape index (κ1) is 22.6. The summed E-state index contributed by atoms with van der Waals surface area (Å²) in [5.74, 6) is -0.302. The lowest BCUT2D eigenvalue weighted by Gasteiger charge is -2.24. The molecule has 0 aliphatic rings. The molecule has 0 fully saturated rings. The zero-order chi connectivity index (χ0) is 20.8. The largest absolute Gasteiger partial charge is 0.354 e. The van der Waals surface area contributed by atoms with Gasteiger partial charge in [0.1, 0.15) is 0 Å². The smallest absolute Gasteiger partial charge is 0.243 e. The number of nitrogens with zero attached hydrogens (tertiary/aromatic N) is 1. The van der Waals surface area contributed by atoms with Gasteiger partial charge in [0, 0.05) is 17.6 Å². The number of carbonyl (C=O) groups is 1. The molecule has 0 heterocycles. The fraction of sp³-hybridized carbons (Fsp3) is 0.381. The number of rotatable bonds is 8. The lowest BCUT2D eigenvalue weighted by molar-refractivity contribution is -0.121. The summed E-state index contributed by atoms with van der Waals surface area (Å²) in [6, 6.07) is 16.1. The zero-order valence-electron chi connectivity index (χ0n) is 16.5. The molecule has 2 aromatic carbocycles. The molecule has 152 valence electrons. The van der Waals surface area contributed by atoms with Crippen LogP contribution >= 0.6 is 15.9 Å². The number of carbonyl (C=O) groups excluding carboxylic acids is 1. The second-order valence-electron chi connectivity index (χ2n) is 7.87. The van der Waals surface area contributed by atoms with E-state index < -0.39 is 10.0 Å². The Bertz CT molecular complexity index is 876. The zero-order valence-corrected chi connectivity index (χ0v) is 18.9. The Kier molecular flexibility index (Phi) is 7.80. The van der Waals surface area contributed by atoms with E-state index in [0.29, 0.717) is 13.0 Å². The average Bonchev–Trinajstić information content (AvgIpc) is 2.64. The predicted molar refractivity (Wildman–Crippen MR) is 116 cm³/mol. The molecule has 28 heavy (non-hydrogen) atoms. The van der Waals surface area contributed by atoms with Crippen molar-refractivity contribution in [3.05, 3.63) is 64.6 Å². The van der Waals surface area contributed by atoms with Crippen molar-refractivity contribution >= 4 is 31.9 Å². The van der Waals surface area contributed by atoms with Crippen LogP contribution in [0.15, 0.2) is 64.0 Å². The van der Waals surface area contributed by atoms with Crippen molar-refractivity contribution in [3.8, 4) is 0 Å². The van der Waals surface area contributed by atoms with Gasteiger partial charge in [-0.2, -0.15) is 4.31 Å².